The zero-order valence-electron chi connectivity index (χ0n) is 14.9. The standard InChI is InChI=1S/C20H19N3O3S/c1-26-14-6-4-5-12(10-14)9-13(11-21)19(25)23-20-17(18(22)24)15-7-2-3-8-16(15)27-20/h4-6,9-10H,2-3,7-8H2,1H3,(H2,22,24)(H,23,25)/b13-9-. The number of thiophene rings is 1. The molecule has 0 atom stereocenters. The van der Waals surface area contributed by atoms with E-state index in [0.717, 1.165) is 36.1 Å². The average molecular weight is 381 g/mol. The van der Waals surface area contributed by atoms with Crippen LogP contribution in [-0.4, -0.2) is 18.9 Å². The minimum Gasteiger partial charge on any atom is -0.497 e. The quantitative estimate of drug-likeness (QED) is 0.612. The largest absolute Gasteiger partial charge is 0.497 e. The number of methoxy groups -OCH3 is 1. The van der Waals surface area contributed by atoms with Gasteiger partial charge in [0.15, 0.2) is 0 Å². The smallest absolute Gasteiger partial charge is 0.266 e. The molecule has 1 aliphatic carbocycles. The van der Waals surface area contributed by atoms with Crippen LogP contribution in [0.1, 0.15) is 39.2 Å². The Hall–Kier alpha value is -3.11. The van der Waals surface area contributed by atoms with Crippen molar-refractivity contribution in [3.8, 4) is 11.8 Å². The number of carbonyl (C=O) groups excluding carboxylic acids is 2. The van der Waals surface area contributed by atoms with Crippen LogP contribution in [0.2, 0.25) is 0 Å². The first kappa shape index (κ1) is 18.7. The summed E-state index contributed by atoms with van der Waals surface area (Å²) in [6.45, 7) is 0. The molecule has 0 radical (unpaired) electrons. The molecule has 7 heteroatoms. The van der Waals surface area contributed by atoms with Gasteiger partial charge >= 0.3 is 0 Å². The zero-order chi connectivity index (χ0) is 19.4. The van der Waals surface area contributed by atoms with E-state index in [0.29, 0.717) is 21.9 Å². The molecule has 0 saturated carbocycles. The first-order valence-electron chi connectivity index (χ1n) is 8.55. The van der Waals surface area contributed by atoms with E-state index in [1.54, 1.807) is 31.4 Å². The van der Waals surface area contributed by atoms with Gasteiger partial charge in [0.1, 0.15) is 22.4 Å². The van der Waals surface area contributed by atoms with Crippen molar-refractivity contribution in [3.63, 3.8) is 0 Å². The van der Waals surface area contributed by atoms with Gasteiger partial charge in [-0.25, -0.2) is 0 Å². The number of carbonyl (C=O) groups is 2. The fraction of sp³-hybridized carbons (Fsp3) is 0.250. The number of hydrogen-bond acceptors (Lipinski definition) is 5. The summed E-state index contributed by atoms with van der Waals surface area (Å²) in [5.74, 6) is -0.496. The summed E-state index contributed by atoms with van der Waals surface area (Å²) in [6, 6.07) is 8.96. The Kier molecular flexibility index (Phi) is 5.57. The number of nitrogens with two attached hydrogens (primary N) is 1. The third-order valence-corrected chi connectivity index (χ3v) is 5.62. The van der Waals surface area contributed by atoms with Gasteiger partial charge in [-0.1, -0.05) is 12.1 Å². The van der Waals surface area contributed by atoms with Crippen LogP contribution in [0.3, 0.4) is 0 Å². The highest BCUT2D eigenvalue weighted by molar-refractivity contribution is 7.17. The number of aryl methyl sites for hydroxylation is 1. The number of nitrogens with one attached hydrogen (secondary N) is 1. The van der Waals surface area contributed by atoms with Gasteiger partial charge in [0.2, 0.25) is 0 Å². The maximum Gasteiger partial charge on any atom is 0.266 e. The van der Waals surface area contributed by atoms with Crippen LogP contribution in [0, 0.1) is 11.3 Å². The van der Waals surface area contributed by atoms with Gasteiger partial charge < -0.3 is 15.8 Å². The molecule has 0 spiro atoms. The average Bonchev–Trinajstić information content (AvgIpc) is 3.04. The topological polar surface area (TPSA) is 105 Å². The third-order valence-electron chi connectivity index (χ3n) is 4.41. The molecule has 1 aromatic heterocycles. The minimum absolute atomic E-state index is 0.0648. The van der Waals surface area contributed by atoms with Crippen LogP contribution in [0.15, 0.2) is 29.8 Å². The number of nitrogens with zero attached hydrogens (tertiary/aromatic N) is 1. The van der Waals surface area contributed by atoms with E-state index >= 15 is 0 Å². The SMILES string of the molecule is COc1cccc(/C=C(/C#N)C(=O)Nc2sc3c(c2C(N)=O)CCCC3)c1. The number of hydrogen-bond donors (Lipinski definition) is 2. The van der Waals surface area contributed by atoms with E-state index < -0.39 is 11.8 Å². The van der Waals surface area contributed by atoms with Crippen molar-refractivity contribution in [2.45, 2.75) is 25.7 Å². The van der Waals surface area contributed by atoms with Gasteiger partial charge in [-0.3, -0.25) is 9.59 Å². The Balaban J connectivity index is 1.89. The molecule has 0 fully saturated rings. The summed E-state index contributed by atoms with van der Waals surface area (Å²) in [7, 11) is 1.55. The summed E-state index contributed by atoms with van der Waals surface area (Å²) in [5.41, 5.74) is 7.46. The lowest BCUT2D eigenvalue weighted by Crippen LogP contribution is -2.19. The molecule has 2 aromatic rings. The third kappa shape index (κ3) is 4.01. The number of amides is 2. The van der Waals surface area contributed by atoms with E-state index in [1.165, 1.54) is 17.4 Å². The van der Waals surface area contributed by atoms with Crippen molar-refractivity contribution >= 4 is 34.2 Å². The highest BCUT2D eigenvalue weighted by Gasteiger charge is 2.25. The lowest BCUT2D eigenvalue weighted by atomic mass is 9.95. The van der Waals surface area contributed by atoms with E-state index in [9.17, 15) is 14.9 Å². The lowest BCUT2D eigenvalue weighted by Gasteiger charge is -2.11. The number of ether oxygens (including phenoxy) is 1. The van der Waals surface area contributed by atoms with Crippen molar-refractivity contribution in [1.29, 1.82) is 5.26 Å². The predicted octanol–water partition coefficient (Wildman–Crippen LogP) is 3.28. The van der Waals surface area contributed by atoms with Gasteiger partial charge in [0.05, 0.1) is 12.7 Å². The molecule has 0 unspecified atom stereocenters. The molecule has 0 saturated heterocycles. The predicted molar refractivity (Wildman–Crippen MR) is 105 cm³/mol. The summed E-state index contributed by atoms with van der Waals surface area (Å²) >= 11 is 1.37. The van der Waals surface area contributed by atoms with E-state index in [1.807, 2.05) is 6.07 Å². The molecular formula is C20H19N3O3S. The molecule has 1 aromatic carbocycles. The Labute approximate surface area is 161 Å². The molecular weight excluding hydrogens is 362 g/mol. The van der Waals surface area contributed by atoms with Crippen molar-refractivity contribution < 1.29 is 14.3 Å². The molecule has 138 valence electrons. The Bertz CT molecular complexity index is 969. The fourth-order valence-corrected chi connectivity index (χ4v) is 4.42. The van der Waals surface area contributed by atoms with Gasteiger partial charge in [-0.05, 0) is 55.0 Å². The Morgan fingerprint density at radius 3 is 2.81 bits per heavy atom. The van der Waals surface area contributed by atoms with Crippen LogP contribution < -0.4 is 15.8 Å². The maximum absolute atomic E-state index is 12.6. The first-order chi connectivity index (χ1) is 13.0. The highest BCUT2D eigenvalue weighted by Crippen LogP contribution is 2.38. The van der Waals surface area contributed by atoms with E-state index in [4.69, 9.17) is 10.5 Å². The van der Waals surface area contributed by atoms with E-state index in [-0.39, 0.29) is 5.57 Å². The minimum atomic E-state index is -0.568. The lowest BCUT2D eigenvalue weighted by molar-refractivity contribution is -0.112. The van der Waals surface area contributed by atoms with Crippen LogP contribution in [0.5, 0.6) is 5.75 Å². The molecule has 3 N–H and O–H groups in total. The second kappa shape index (κ2) is 8.06. The molecule has 0 bridgehead atoms. The summed E-state index contributed by atoms with van der Waals surface area (Å²) < 4.78 is 5.15. The molecule has 1 aliphatic rings. The number of rotatable bonds is 5. The number of anilines is 1. The number of nitriles is 1. The van der Waals surface area contributed by atoms with Gasteiger partial charge in [0, 0.05) is 4.88 Å². The second-order valence-electron chi connectivity index (χ2n) is 6.18. The zero-order valence-corrected chi connectivity index (χ0v) is 15.7. The van der Waals surface area contributed by atoms with Crippen LogP contribution in [-0.2, 0) is 17.6 Å². The molecule has 2 amide bonds. The molecule has 27 heavy (non-hydrogen) atoms. The highest BCUT2D eigenvalue weighted by atomic mass is 32.1. The van der Waals surface area contributed by atoms with Crippen LogP contribution in [0.4, 0.5) is 5.00 Å². The van der Waals surface area contributed by atoms with Crippen molar-refractivity contribution in [3.05, 3.63) is 51.4 Å². The van der Waals surface area contributed by atoms with E-state index in [2.05, 4.69) is 5.32 Å². The first-order valence-corrected chi connectivity index (χ1v) is 9.36. The molecule has 6 nitrogen and oxygen atoms in total. The summed E-state index contributed by atoms with van der Waals surface area (Å²) in [5, 5.41) is 12.5. The molecule has 1 heterocycles. The normalized spacial score (nSPS) is 13.4. The van der Waals surface area contributed by atoms with Crippen molar-refractivity contribution in [1.82, 2.24) is 0 Å². The summed E-state index contributed by atoms with van der Waals surface area (Å²) in [4.78, 5) is 25.6. The number of primary amides is 1. The van der Waals surface area contributed by atoms with Crippen LogP contribution in [0.25, 0.3) is 6.08 Å². The molecule has 3 rings (SSSR count). The van der Waals surface area contributed by atoms with Crippen molar-refractivity contribution in [2.75, 3.05) is 12.4 Å². The van der Waals surface area contributed by atoms with Gasteiger partial charge in [-0.15, -0.1) is 11.3 Å². The monoisotopic (exact) mass is 381 g/mol. The Morgan fingerprint density at radius 1 is 1.33 bits per heavy atom. The second-order valence-corrected chi connectivity index (χ2v) is 7.28. The number of benzene rings is 1. The van der Waals surface area contributed by atoms with Gasteiger partial charge in [0.25, 0.3) is 11.8 Å². The fourth-order valence-electron chi connectivity index (χ4n) is 3.13. The summed E-state index contributed by atoms with van der Waals surface area (Å²) in [6.07, 6.45) is 5.19. The van der Waals surface area contributed by atoms with Crippen molar-refractivity contribution in [2.24, 2.45) is 5.73 Å². The maximum atomic E-state index is 12.6. The molecule has 0 aliphatic heterocycles. The van der Waals surface area contributed by atoms with Crippen LogP contribution >= 0.6 is 11.3 Å². The van der Waals surface area contributed by atoms with Gasteiger partial charge in [-0.2, -0.15) is 5.26 Å². The number of fused-ring (bicyclic) bond motifs is 1. The Morgan fingerprint density at radius 2 is 2.11 bits per heavy atom.